The molecular weight excluding hydrogens is 604 g/mol. The Morgan fingerprint density at radius 2 is 1.70 bits per heavy atom. The Balaban J connectivity index is 1.64. The number of aryl methyl sites for hydroxylation is 2. The lowest BCUT2D eigenvalue weighted by Gasteiger charge is -2.40. The van der Waals surface area contributed by atoms with E-state index < -0.39 is 5.92 Å². The second kappa shape index (κ2) is 11.7. The number of rotatable bonds is 5. The molecule has 9 heteroatoms. The standard InChI is InChI=1S/C31H25Cl4N3OS/c1-16-10-17(2)21(11-18(16)15-40-28-13-20(33)6-8-23(28)34)29-22(14-36)31(37)38(25-9-7-19(32)12-24(25)35)26-4-3-5-27(39)30(26)29/h6-13,29H,3-5,15,37H2,1-2H3. The van der Waals surface area contributed by atoms with E-state index in [1.54, 1.807) is 47.0 Å². The number of hydrogen-bond acceptors (Lipinski definition) is 5. The number of hydrogen-bond donors (Lipinski definition) is 1. The minimum atomic E-state index is -0.575. The van der Waals surface area contributed by atoms with Crippen LogP contribution in [0.3, 0.4) is 0 Å². The lowest BCUT2D eigenvalue weighted by molar-refractivity contribution is -0.116. The molecule has 4 nitrogen and oxygen atoms in total. The Bertz CT molecular complexity index is 1660. The Hall–Kier alpha value is -2.59. The Morgan fingerprint density at radius 1 is 0.975 bits per heavy atom. The summed E-state index contributed by atoms with van der Waals surface area (Å²) in [6, 6.07) is 17.1. The van der Waals surface area contributed by atoms with Crippen molar-refractivity contribution in [2.24, 2.45) is 5.73 Å². The zero-order valence-electron chi connectivity index (χ0n) is 21.8. The molecule has 1 atom stereocenters. The fourth-order valence-corrected chi connectivity index (χ4v) is 7.51. The topological polar surface area (TPSA) is 70.1 Å². The van der Waals surface area contributed by atoms with Gasteiger partial charge in [-0.1, -0.05) is 58.5 Å². The summed E-state index contributed by atoms with van der Waals surface area (Å²) in [5.41, 5.74) is 13.1. The van der Waals surface area contributed by atoms with Gasteiger partial charge in [-0.05, 0) is 85.3 Å². The van der Waals surface area contributed by atoms with Crippen molar-refractivity contribution < 1.29 is 4.79 Å². The van der Waals surface area contributed by atoms with Crippen molar-refractivity contribution in [1.29, 1.82) is 5.26 Å². The molecule has 0 amide bonds. The van der Waals surface area contributed by atoms with Crippen LogP contribution < -0.4 is 10.6 Å². The zero-order valence-corrected chi connectivity index (χ0v) is 25.7. The van der Waals surface area contributed by atoms with E-state index in [1.165, 1.54) is 0 Å². The number of benzene rings is 3. The number of Topliss-reactive ketones (excluding diaryl/α,β-unsaturated/α-hetero) is 1. The Labute approximate surface area is 258 Å². The number of ketones is 1. The van der Waals surface area contributed by atoms with Crippen LogP contribution in [0, 0.1) is 25.2 Å². The summed E-state index contributed by atoms with van der Waals surface area (Å²) in [4.78, 5) is 16.2. The Kier molecular flexibility index (Phi) is 8.47. The maximum atomic E-state index is 13.6. The summed E-state index contributed by atoms with van der Waals surface area (Å²) in [5, 5.41) is 12.6. The fraction of sp³-hybridized carbons (Fsp3) is 0.226. The lowest BCUT2D eigenvalue weighted by atomic mass is 9.74. The highest BCUT2D eigenvalue weighted by molar-refractivity contribution is 7.98. The van der Waals surface area contributed by atoms with Gasteiger partial charge in [0.15, 0.2) is 5.78 Å². The van der Waals surface area contributed by atoms with Crippen molar-refractivity contribution in [2.45, 2.75) is 49.7 Å². The van der Waals surface area contributed by atoms with E-state index >= 15 is 0 Å². The van der Waals surface area contributed by atoms with Crippen LogP contribution in [-0.2, 0) is 10.5 Å². The van der Waals surface area contributed by atoms with Gasteiger partial charge in [-0.2, -0.15) is 5.26 Å². The third kappa shape index (κ3) is 5.36. The average molecular weight is 629 g/mol. The van der Waals surface area contributed by atoms with Crippen molar-refractivity contribution in [3.8, 4) is 6.07 Å². The zero-order chi connectivity index (χ0) is 28.7. The molecule has 3 aromatic rings. The van der Waals surface area contributed by atoms with E-state index in [1.807, 2.05) is 13.0 Å². The maximum Gasteiger partial charge on any atom is 0.161 e. The molecule has 0 radical (unpaired) electrons. The molecule has 0 aromatic heterocycles. The summed E-state index contributed by atoms with van der Waals surface area (Å²) >= 11 is 27.0. The van der Waals surface area contributed by atoms with Gasteiger partial charge in [0.05, 0.1) is 33.3 Å². The van der Waals surface area contributed by atoms with Gasteiger partial charge in [0.25, 0.3) is 0 Å². The second-order valence-electron chi connectivity index (χ2n) is 9.91. The molecule has 1 aliphatic heterocycles. The summed E-state index contributed by atoms with van der Waals surface area (Å²) < 4.78 is 0. The molecule has 1 aliphatic carbocycles. The van der Waals surface area contributed by atoms with Crippen LogP contribution in [0.15, 0.2) is 76.1 Å². The van der Waals surface area contributed by atoms with E-state index in [9.17, 15) is 10.1 Å². The maximum absolute atomic E-state index is 13.6. The van der Waals surface area contributed by atoms with Crippen LogP contribution in [0.5, 0.6) is 0 Å². The molecule has 2 N–H and O–H groups in total. The third-order valence-corrected chi connectivity index (χ3v) is 9.69. The van der Waals surface area contributed by atoms with E-state index in [4.69, 9.17) is 52.1 Å². The van der Waals surface area contributed by atoms with Gasteiger partial charge in [-0.25, -0.2) is 0 Å². The van der Waals surface area contributed by atoms with Gasteiger partial charge < -0.3 is 5.73 Å². The molecule has 5 rings (SSSR count). The number of carbonyl (C=O) groups excluding carboxylic acids is 1. The van der Waals surface area contributed by atoms with E-state index in [2.05, 4.69) is 25.1 Å². The summed E-state index contributed by atoms with van der Waals surface area (Å²) in [5.74, 6) is 0.350. The van der Waals surface area contributed by atoms with Crippen LogP contribution >= 0.6 is 58.2 Å². The first-order valence-corrected chi connectivity index (χ1v) is 15.2. The molecule has 204 valence electrons. The SMILES string of the molecule is Cc1cc(C)c(C2C(C#N)=C(N)N(c3ccc(Cl)cc3Cl)C3=C2C(=O)CCC3)cc1CSc1cc(Cl)ccc1Cl. The van der Waals surface area contributed by atoms with Crippen LogP contribution in [0.1, 0.15) is 47.4 Å². The largest absolute Gasteiger partial charge is 0.384 e. The van der Waals surface area contributed by atoms with Crippen LogP contribution in [0.25, 0.3) is 0 Å². The smallest absolute Gasteiger partial charge is 0.161 e. The first-order valence-electron chi connectivity index (χ1n) is 12.7. The molecule has 0 spiro atoms. The highest BCUT2D eigenvalue weighted by Gasteiger charge is 2.41. The first-order chi connectivity index (χ1) is 19.1. The molecule has 40 heavy (non-hydrogen) atoms. The number of nitriles is 1. The molecule has 2 aliphatic rings. The summed E-state index contributed by atoms with van der Waals surface area (Å²) in [6.45, 7) is 4.07. The number of halogens is 4. The first kappa shape index (κ1) is 28.9. The predicted octanol–water partition coefficient (Wildman–Crippen LogP) is 9.51. The normalized spacial score (nSPS) is 17.3. The molecule has 0 saturated carbocycles. The van der Waals surface area contributed by atoms with E-state index in [0.29, 0.717) is 61.9 Å². The minimum Gasteiger partial charge on any atom is -0.384 e. The Morgan fingerprint density at radius 3 is 2.42 bits per heavy atom. The highest BCUT2D eigenvalue weighted by Crippen LogP contribution is 2.48. The molecule has 0 saturated heterocycles. The number of thioether (sulfide) groups is 1. The van der Waals surface area contributed by atoms with Crippen molar-refractivity contribution in [3.63, 3.8) is 0 Å². The van der Waals surface area contributed by atoms with Gasteiger partial charge in [0.2, 0.25) is 0 Å². The summed E-state index contributed by atoms with van der Waals surface area (Å²) in [6.07, 6.45) is 1.74. The summed E-state index contributed by atoms with van der Waals surface area (Å²) in [7, 11) is 0. The quantitative estimate of drug-likeness (QED) is 0.285. The van der Waals surface area contributed by atoms with Crippen molar-refractivity contribution in [3.05, 3.63) is 114 Å². The minimum absolute atomic E-state index is 0.0168. The second-order valence-corrected chi connectivity index (χ2v) is 12.6. The number of nitrogens with two attached hydrogens (primary N) is 1. The molecular formula is C31H25Cl4N3OS. The molecule has 1 unspecified atom stereocenters. The number of carbonyl (C=O) groups is 1. The van der Waals surface area contributed by atoms with Crippen molar-refractivity contribution >= 4 is 69.6 Å². The van der Waals surface area contributed by atoms with Crippen LogP contribution in [-0.4, -0.2) is 5.78 Å². The monoisotopic (exact) mass is 627 g/mol. The fourth-order valence-electron chi connectivity index (χ4n) is 5.46. The van der Waals surface area contributed by atoms with Gasteiger partial charge in [-0.3, -0.25) is 9.69 Å². The molecule has 3 aromatic carbocycles. The van der Waals surface area contributed by atoms with Gasteiger partial charge in [0, 0.05) is 38.4 Å². The molecule has 1 heterocycles. The molecule has 0 fully saturated rings. The molecule has 0 bridgehead atoms. The number of allylic oxidation sites excluding steroid dienone is 3. The predicted molar refractivity (Wildman–Crippen MR) is 166 cm³/mol. The van der Waals surface area contributed by atoms with Crippen LogP contribution in [0.2, 0.25) is 20.1 Å². The van der Waals surface area contributed by atoms with Crippen molar-refractivity contribution in [1.82, 2.24) is 0 Å². The highest BCUT2D eigenvalue weighted by atomic mass is 35.5. The number of nitrogens with zero attached hydrogens (tertiary/aromatic N) is 2. The van der Waals surface area contributed by atoms with E-state index in [0.717, 1.165) is 32.8 Å². The van der Waals surface area contributed by atoms with E-state index in [-0.39, 0.29) is 11.6 Å². The average Bonchev–Trinajstić information content (AvgIpc) is 2.90. The van der Waals surface area contributed by atoms with Gasteiger partial charge in [0.1, 0.15) is 5.82 Å². The van der Waals surface area contributed by atoms with Gasteiger partial charge >= 0.3 is 0 Å². The van der Waals surface area contributed by atoms with Crippen LogP contribution in [0.4, 0.5) is 5.69 Å². The number of anilines is 1. The third-order valence-electron chi connectivity index (χ3n) is 7.38. The lowest BCUT2D eigenvalue weighted by Crippen LogP contribution is -2.39. The van der Waals surface area contributed by atoms with Crippen molar-refractivity contribution in [2.75, 3.05) is 4.90 Å². The van der Waals surface area contributed by atoms with Gasteiger partial charge in [-0.15, -0.1) is 11.8 Å².